The molecule has 0 saturated heterocycles. The van der Waals surface area contributed by atoms with Crippen LogP contribution in [0.1, 0.15) is 24.1 Å². The lowest BCUT2D eigenvalue weighted by Gasteiger charge is -2.14. The smallest absolute Gasteiger partial charge is 0.129 e. The zero-order chi connectivity index (χ0) is 10.0. The molecule has 0 amide bonds. The van der Waals surface area contributed by atoms with Gasteiger partial charge in [-0.1, -0.05) is 6.07 Å². The van der Waals surface area contributed by atoms with Gasteiger partial charge < -0.3 is 10.5 Å². The predicted octanol–water partition coefficient (Wildman–Crippen LogP) is 2.16. The second kappa shape index (κ2) is 3.75. The Kier molecular flexibility index (Phi) is 2.88. The number of rotatable bonds is 2. The fourth-order valence-electron chi connectivity index (χ4n) is 1.32. The maximum Gasteiger partial charge on any atom is 0.129 e. The number of ether oxygens (including phenoxy) is 1. The first-order chi connectivity index (χ1) is 6.07. The summed E-state index contributed by atoms with van der Waals surface area (Å²) in [6, 6.07) is 2.93. The van der Waals surface area contributed by atoms with E-state index in [4.69, 9.17) is 10.5 Å². The third kappa shape index (κ3) is 1.80. The first-order valence-corrected chi connectivity index (χ1v) is 4.16. The Bertz CT molecular complexity index is 310. The second-order valence-corrected chi connectivity index (χ2v) is 3.08. The van der Waals surface area contributed by atoms with Crippen molar-refractivity contribution < 1.29 is 9.13 Å². The fraction of sp³-hybridized carbons (Fsp3) is 0.400. The number of nitrogens with two attached hydrogens (primary N) is 1. The number of hydrogen-bond donors (Lipinski definition) is 1. The molecule has 72 valence electrons. The van der Waals surface area contributed by atoms with E-state index >= 15 is 0 Å². The minimum absolute atomic E-state index is 0.144. The molecule has 0 aromatic heterocycles. The number of halogens is 1. The van der Waals surface area contributed by atoms with E-state index in [2.05, 4.69) is 0 Å². The van der Waals surface area contributed by atoms with Crippen molar-refractivity contribution >= 4 is 0 Å². The van der Waals surface area contributed by atoms with Crippen molar-refractivity contribution in [2.75, 3.05) is 7.11 Å². The minimum Gasteiger partial charge on any atom is -0.496 e. The number of methoxy groups -OCH3 is 1. The topological polar surface area (TPSA) is 35.2 Å². The Balaban J connectivity index is 3.30. The monoisotopic (exact) mass is 183 g/mol. The third-order valence-electron chi connectivity index (χ3n) is 2.06. The van der Waals surface area contributed by atoms with E-state index in [9.17, 15) is 4.39 Å². The highest BCUT2D eigenvalue weighted by atomic mass is 19.1. The van der Waals surface area contributed by atoms with E-state index in [0.29, 0.717) is 11.3 Å². The first-order valence-electron chi connectivity index (χ1n) is 4.16. The fourth-order valence-corrected chi connectivity index (χ4v) is 1.32. The average molecular weight is 183 g/mol. The highest BCUT2D eigenvalue weighted by molar-refractivity contribution is 5.43. The van der Waals surface area contributed by atoms with Gasteiger partial charge in [0.2, 0.25) is 0 Å². The van der Waals surface area contributed by atoms with Gasteiger partial charge in [-0.3, -0.25) is 0 Å². The SMILES string of the molecule is COc1c(C(C)N)ccc(F)c1C. The van der Waals surface area contributed by atoms with Crippen molar-refractivity contribution in [1.29, 1.82) is 0 Å². The van der Waals surface area contributed by atoms with Crippen molar-refractivity contribution in [2.45, 2.75) is 19.9 Å². The molecule has 1 atom stereocenters. The summed E-state index contributed by atoms with van der Waals surface area (Å²) in [6.07, 6.45) is 0. The molecule has 0 fully saturated rings. The Labute approximate surface area is 77.5 Å². The average Bonchev–Trinajstić information content (AvgIpc) is 2.09. The van der Waals surface area contributed by atoms with Crippen molar-refractivity contribution in [1.82, 2.24) is 0 Å². The van der Waals surface area contributed by atoms with Crippen molar-refractivity contribution in [2.24, 2.45) is 5.73 Å². The van der Waals surface area contributed by atoms with Gasteiger partial charge >= 0.3 is 0 Å². The van der Waals surface area contributed by atoms with Gasteiger partial charge in [-0.15, -0.1) is 0 Å². The minimum atomic E-state index is -0.263. The van der Waals surface area contributed by atoms with Crippen LogP contribution in [0.25, 0.3) is 0 Å². The molecule has 0 aliphatic heterocycles. The highest BCUT2D eigenvalue weighted by Crippen LogP contribution is 2.28. The van der Waals surface area contributed by atoms with E-state index in [0.717, 1.165) is 5.56 Å². The van der Waals surface area contributed by atoms with E-state index in [1.54, 1.807) is 13.0 Å². The molecule has 0 radical (unpaired) electrons. The second-order valence-electron chi connectivity index (χ2n) is 3.08. The summed E-state index contributed by atoms with van der Waals surface area (Å²) in [5, 5.41) is 0. The van der Waals surface area contributed by atoms with E-state index in [1.165, 1.54) is 13.2 Å². The molecule has 1 aromatic carbocycles. The first kappa shape index (κ1) is 9.99. The summed E-state index contributed by atoms with van der Waals surface area (Å²) in [6.45, 7) is 3.52. The molecule has 3 heteroatoms. The molecule has 0 saturated carbocycles. The summed E-state index contributed by atoms with van der Waals surface area (Å²) in [5.74, 6) is 0.288. The molecule has 2 nitrogen and oxygen atoms in total. The molecule has 0 heterocycles. The highest BCUT2D eigenvalue weighted by Gasteiger charge is 2.12. The summed E-state index contributed by atoms with van der Waals surface area (Å²) in [5.41, 5.74) is 7.05. The summed E-state index contributed by atoms with van der Waals surface area (Å²) in [7, 11) is 1.52. The Morgan fingerprint density at radius 3 is 2.54 bits per heavy atom. The van der Waals surface area contributed by atoms with Crippen LogP contribution in [-0.2, 0) is 0 Å². The normalized spacial score (nSPS) is 12.7. The molecule has 0 bridgehead atoms. The van der Waals surface area contributed by atoms with Crippen LogP contribution in [0.2, 0.25) is 0 Å². The maximum absolute atomic E-state index is 13.1. The van der Waals surface area contributed by atoms with Crippen LogP contribution in [0, 0.1) is 12.7 Å². The van der Waals surface area contributed by atoms with Gasteiger partial charge in [-0.25, -0.2) is 4.39 Å². The molecular weight excluding hydrogens is 169 g/mol. The third-order valence-corrected chi connectivity index (χ3v) is 2.06. The molecule has 1 unspecified atom stereocenters. The van der Waals surface area contributed by atoms with Gasteiger partial charge in [0, 0.05) is 17.2 Å². The van der Waals surface area contributed by atoms with Gasteiger partial charge in [-0.2, -0.15) is 0 Å². The molecule has 13 heavy (non-hydrogen) atoms. The molecule has 2 N–H and O–H groups in total. The van der Waals surface area contributed by atoms with Gasteiger partial charge in [0.05, 0.1) is 7.11 Å². The van der Waals surface area contributed by atoms with Gasteiger partial charge in [0.15, 0.2) is 0 Å². The Morgan fingerprint density at radius 2 is 2.08 bits per heavy atom. The standard InChI is InChI=1S/C10H14FNO/c1-6-9(11)5-4-8(7(2)12)10(6)13-3/h4-5,7H,12H2,1-3H3. The van der Waals surface area contributed by atoms with Crippen molar-refractivity contribution in [3.63, 3.8) is 0 Å². The molecule has 1 aromatic rings. The zero-order valence-electron chi connectivity index (χ0n) is 8.10. The van der Waals surface area contributed by atoms with Gasteiger partial charge in [0.25, 0.3) is 0 Å². The van der Waals surface area contributed by atoms with E-state index < -0.39 is 0 Å². The maximum atomic E-state index is 13.1. The lowest BCUT2D eigenvalue weighted by molar-refractivity contribution is 0.399. The van der Waals surface area contributed by atoms with E-state index in [-0.39, 0.29) is 11.9 Å². The number of benzene rings is 1. The molecular formula is C10H14FNO. The van der Waals surface area contributed by atoms with Gasteiger partial charge in [0.1, 0.15) is 11.6 Å². The summed E-state index contributed by atoms with van der Waals surface area (Å²) < 4.78 is 18.2. The van der Waals surface area contributed by atoms with Crippen LogP contribution in [0.5, 0.6) is 5.75 Å². The lowest BCUT2D eigenvalue weighted by Crippen LogP contribution is -2.08. The molecule has 0 aliphatic carbocycles. The summed E-state index contributed by atoms with van der Waals surface area (Å²) in [4.78, 5) is 0. The van der Waals surface area contributed by atoms with Crippen LogP contribution in [0.4, 0.5) is 4.39 Å². The van der Waals surface area contributed by atoms with Crippen LogP contribution in [0.3, 0.4) is 0 Å². The molecule has 1 rings (SSSR count). The largest absolute Gasteiger partial charge is 0.496 e. The molecule has 0 aliphatic rings. The lowest BCUT2D eigenvalue weighted by atomic mass is 10.0. The van der Waals surface area contributed by atoms with Crippen molar-refractivity contribution in [3.05, 3.63) is 29.1 Å². The zero-order valence-corrected chi connectivity index (χ0v) is 8.10. The molecule has 0 spiro atoms. The Hall–Kier alpha value is -1.09. The van der Waals surface area contributed by atoms with Crippen molar-refractivity contribution in [3.8, 4) is 5.75 Å². The Morgan fingerprint density at radius 1 is 1.46 bits per heavy atom. The van der Waals surface area contributed by atoms with Crippen LogP contribution in [0.15, 0.2) is 12.1 Å². The van der Waals surface area contributed by atoms with Crippen LogP contribution in [-0.4, -0.2) is 7.11 Å². The quantitative estimate of drug-likeness (QED) is 0.762. The van der Waals surface area contributed by atoms with Gasteiger partial charge in [-0.05, 0) is 19.9 Å². The number of hydrogen-bond acceptors (Lipinski definition) is 2. The van der Waals surface area contributed by atoms with Crippen LogP contribution < -0.4 is 10.5 Å². The van der Waals surface area contributed by atoms with E-state index in [1.807, 2.05) is 6.92 Å². The summed E-state index contributed by atoms with van der Waals surface area (Å²) >= 11 is 0. The predicted molar refractivity (Wildman–Crippen MR) is 50.3 cm³/mol. The van der Waals surface area contributed by atoms with Crippen LogP contribution >= 0.6 is 0 Å².